The molecule has 2 rings (SSSR count). The number of hydrogen-bond donors (Lipinski definition) is 1. The van der Waals surface area contributed by atoms with Crippen LogP contribution in [0.15, 0.2) is 36.8 Å². The molecule has 0 radical (unpaired) electrons. The highest BCUT2D eigenvalue weighted by Crippen LogP contribution is 2.10. The molecule has 1 aromatic heterocycles. The van der Waals surface area contributed by atoms with Gasteiger partial charge < -0.3 is 10.3 Å². The van der Waals surface area contributed by atoms with E-state index in [1.54, 1.807) is 17.0 Å². The third kappa shape index (κ3) is 2.22. The molecule has 3 nitrogen and oxygen atoms in total. The fourth-order valence-electron chi connectivity index (χ4n) is 1.42. The second-order valence-corrected chi connectivity index (χ2v) is 3.29. The summed E-state index contributed by atoms with van der Waals surface area (Å²) in [6.07, 6.45) is 4.27. The van der Waals surface area contributed by atoms with Crippen LogP contribution in [0.4, 0.5) is 4.39 Å². The van der Waals surface area contributed by atoms with Gasteiger partial charge in [0.25, 0.3) is 0 Å². The Morgan fingerprint density at radius 3 is 3.00 bits per heavy atom. The SMILES string of the molecule is NCCc1cn(-c2cccc(F)c2)cn1. The number of nitrogens with zero attached hydrogens (tertiary/aromatic N) is 2. The van der Waals surface area contributed by atoms with Crippen molar-refractivity contribution >= 4 is 0 Å². The van der Waals surface area contributed by atoms with Crippen molar-refractivity contribution in [1.82, 2.24) is 9.55 Å². The molecule has 1 heterocycles. The molecule has 2 aromatic rings. The van der Waals surface area contributed by atoms with Crippen molar-refractivity contribution in [2.75, 3.05) is 6.54 Å². The van der Waals surface area contributed by atoms with Crippen LogP contribution in [0.2, 0.25) is 0 Å². The first-order valence-electron chi connectivity index (χ1n) is 4.78. The third-order valence-corrected chi connectivity index (χ3v) is 2.14. The van der Waals surface area contributed by atoms with Crippen LogP contribution in [0.1, 0.15) is 5.69 Å². The van der Waals surface area contributed by atoms with E-state index in [-0.39, 0.29) is 5.82 Å². The van der Waals surface area contributed by atoms with Gasteiger partial charge in [-0.25, -0.2) is 9.37 Å². The number of imidazole rings is 1. The van der Waals surface area contributed by atoms with E-state index in [4.69, 9.17) is 5.73 Å². The first-order chi connectivity index (χ1) is 7.29. The molecule has 0 atom stereocenters. The highest BCUT2D eigenvalue weighted by Gasteiger charge is 2.00. The number of halogens is 1. The Morgan fingerprint density at radius 1 is 1.40 bits per heavy atom. The fourth-order valence-corrected chi connectivity index (χ4v) is 1.42. The van der Waals surface area contributed by atoms with E-state index in [9.17, 15) is 4.39 Å². The molecule has 0 aliphatic heterocycles. The van der Waals surface area contributed by atoms with Gasteiger partial charge in [0.1, 0.15) is 5.82 Å². The second-order valence-electron chi connectivity index (χ2n) is 3.29. The highest BCUT2D eigenvalue weighted by molar-refractivity contribution is 5.32. The molecule has 1 aromatic carbocycles. The minimum absolute atomic E-state index is 0.249. The van der Waals surface area contributed by atoms with Crippen LogP contribution in [0.25, 0.3) is 5.69 Å². The average Bonchev–Trinajstić information content (AvgIpc) is 2.67. The molecule has 0 aliphatic carbocycles. The summed E-state index contributed by atoms with van der Waals surface area (Å²) in [6, 6.07) is 6.39. The second kappa shape index (κ2) is 4.23. The van der Waals surface area contributed by atoms with Crippen LogP contribution in [0.3, 0.4) is 0 Å². The van der Waals surface area contributed by atoms with Crippen molar-refractivity contribution in [1.29, 1.82) is 0 Å². The molecule has 0 fully saturated rings. The maximum atomic E-state index is 13.0. The van der Waals surface area contributed by atoms with Crippen molar-refractivity contribution in [2.24, 2.45) is 5.73 Å². The number of aromatic nitrogens is 2. The van der Waals surface area contributed by atoms with Gasteiger partial charge in [-0.15, -0.1) is 0 Å². The standard InChI is InChI=1S/C11H12FN3/c12-9-2-1-3-11(6-9)15-7-10(4-5-13)14-8-15/h1-3,6-8H,4-5,13H2. The van der Waals surface area contributed by atoms with Gasteiger partial charge in [-0.3, -0.25) is 0 Å². The van der Waals surface area contributed by atoms with Crippen molar-refractivity contribution in [3.8, 4) is 5.69 Å². The van der Waals surface area contributed by atoms with E-state index in [0.717, 1.165) is 17.8 Å². The Labute approximate surface area is 87.4 Å². The van der Waals surface area contributed by atoms with Gasteiger partial charge >= 0.3 is 0 Å². The maximum Gasteiger partial charge on any atom is 0.125 e. The van der Waals surface area contributed by atoms with E-state index >= 15 is 0 Å². The fraction of sp³-hybridized carbons (Fsp3) is 0.182. The van der Waals surface area contributed by atoms with Crippen molar-refractivity contribution in [2.45, 2.75) is 6.42 Å². The Morgan fingerprint density at radius 2 is 2.27 bits per heavy atom. The molecule has 2 N–H and O–H groups in total. The molecule has 15 heavy (non-hydrogen) atoms. The Balaban J connectivity index is 2.29. The molecule has 78 valence electrons. The van der Waals surface area contributed by atoms with Crippen molar-refractivity contribution < 1.29 is 4.39 Å². The van der Waals surface area contributed by atoms with Crippen molar-refractivity contribution in [3.05, 3.63) is 48.3 Å². The predicted molar refractivity (Wildman–Crippen MR) is 56.3 cm³/mol. The topological polar surface area (TPSA) is 43.8 Å². The van der Waals surface area contributed by atoms with E-state index in [2.05, 4.69) is 4.98 Å². The molecule has 0 bridgehead atoms. The summed E-state index contributed by atoms with van der Waals surface area (Å²) in [4.78, 5) is 4.17. The monoisotopic (exact) mass is 205 g/mol. The zero-order valence-corrected chi connectivity index (χ0v) is 8.23. The van der Waals surface area contributed by atoms with Gasteiger partial charge in [0.15, 0.2) is 0 Å². The molecular formula is C11H12FN3. The summed E-state index contributed by atoms with van der Waals surface area (Å²) < 4.78 is 14.7. The molecule has 0 spiro atoms. The van der Waals surface area contributed by atoms with E-state index in [1.807, 2.05) is 12.3 Å². The van der Waals surface area contributed by atoms with Gasteiger partial charge in [-0.05, 0) is 24.7 Å². The molecule has 0 saturated heterocycles. The summed E-state index contributed by atoms with van der Waals surface area (Å²) in [5, 5.41) is 0. The van der Waals surface area contributed by atoms with Crippen LogP contribution in [-0.2, 0) is 6.42 Å². The summed E-state index contributed by atoms with van der Waals surface area (Å²) >= 11 is 0. The molecule has 0 unspecified atom stereocenters. The largest absolute Gasteiger partial charge is 0.330 e. The van der Waals surface area contributed by atoms with Gasteiger partial charge in [0, 0.05) is 18.3 Å². The Bertz CT molecular complexity index is 451. The zero-order chi connectivity index (χ0) is 10.7. The first kappa shape index (κ1) is 9.86. The Kier molecular flexibility index (Phi) is 2.78. The number of rotatable bonds is 3. The summed E-state index contributed by atoms with van der Waals surface area (Å²) in [7, 11) is 0. The average molecular weight is 205 g/mol. The lowest BCUT2D eigenvalue weighted by Gasteiger charge is -2.00. The van der Waals surface area contributed by atoms with Crippen LogP contribution < -0.4 is 5.73 Å². The zero-order valence-electron chi connectivity index (χ0n) is 8.23. The molecule has 4 heteroatoms. The predicted octanol–water partition coefficient (Wildman–Crippen LogP) is 1.51. The van der Waals surface area contributed by atoms with E-state index in [1.165, 1.54) is 12.1 Å². The van der Waals surface area contributed by atoms with Crippen LogP contribution >= 0.6 is 0 Å². The van der Waals surface area contributed by atoms with Crippen LogP contribution in [0.5, 0.6) is 0 Å². The number of hydrogen-bond acceptors (Lipinski definition) is 2. The third-order valence-electron chi connectivity index (χ3n) is 2.14. The van der Waals surface area contributed by atoms with Crippen LogP contribution in [0, 0.1) is 5.82 Å². The molecular weight excluding hydrogens is 193 g/mol. The summed E-state index contributed by atoms with van der Waals surface area (Å²) in [5.74, 6) is -0.249. The lowest BCUT2D eigenvalue weighted by Crippen LogP contribution is -2.02. The first-order valence-corrected chi connectivity index (χ1v) is 4.78. The smallest absolute Gasteiger partial charge is 0.125 e. The molecule has 0 amide bonds. The lowest BCUT2D eigenvalue weighted by molar-refractivity contribution is 0.626. The van der Waals surface area contributed by atoms with Crippen molar-refractivity contribution in [3.63, 3.8) is 0 Å². The van der Waals surface area contributed by atoms with E-state index in [0.29, 0.717) is 6.54 Å². The van der Waals surface area contributed by atoms with E-state index < -0.39 is 0 Å². The minimum Gasteiger partial charge on any atom is -0.330 e. The normalized spacial score (nSPS) is 10.5. The maximum absolute atomic E-state index is 13.0. The van der Waals surface area contributed by atoms with Gasteiger partial charge in [0.05, 0.1) is 12.0 Å². The summed E-state index contributed by atoms with van der Waals surface area (Å²) in [5.41, 5.74) is 7.11. The lowest BCUT2D eigenvalue weighted by atomic mass is 10.3. The minimum atomic E-state index is -0.249. The quantitative estimate of drug-likeness (QED) is 0.825. The highest BCUT2D eigenvalue weighted by atomic mass is 19.1. The summed E-state index contributed by atoms with van der Waals surface area (Å²) in [6.45, 7) is 0.570. The number of nitrogens with two attached hydrogens (primary N) is 1. The molecule has 0 saturated carbocycles. The number of benzene rings is 1. The van der Waals surface area contributed by atoms with Gasteiger partial charge in [-0.1, -0.05) is 6.07 Å². The van der Waals surface area contributed by atoms with Gasteiger partial charge in [0.2, 0.25) is 0 Å². The van der Waals surface area contributed by atoms with Crippen LogP contribution in [-0.4, -0.2) is 16.1 Å². The Hall–Kier alpha value is -1.68. The van der Waals surface area contributed by atoms with Gasteiger partial charge in [-0.2, -0.15) is 0 Å². The molecule has 0 aliphatic rings.